The SMILES string of the molecule is Cc1csc2c(NCC(O)c3ccc(N)cc3)ncnc12. The zero-order valence-electron chi connectivity index (χ0n) is 11.6. The van der Waals surface area contributed by atoms with Crippen molar-refractivity contribution < 1.29 is 5.11 Å². The van der Waals surface area contributed by atoms with Crippen molar-refractivity contribution in [2.45, 2.75) is 13.0 Å². The normalized spacial score (nSPS) is 12.5. The molecule has 0 saturated carbocycles. The quantitative estimate of drug-likeness (QED) is 0.645. The van der Waals surface area contributed by atoms with Gasteiger partial charge in [-0.3, -0.25) is 0 Å². The van der Waals surface area contributed by atoms with Crippen molar-refractivity contribution in [3.63, 3.8) is 0 Å². The summed E-state index contributed by atoms with van der Waals surface area (Å²) in [7, 11) is 0. The second-order valence-electron chi connectivity index (χ2n) is 4.88. The first kappa shape index (κ1) is 13.8. The summed E-state index contributed by atoms with van der Waals surface area (Å²) in [6.07, 6.45) is 0.927. The van der Waals surface area contributed by atoms with E-state index in [-0.39, 0.29) is 0 Å². The molecule has 1 atom stereocenters. The van der Waals surface area contributed by atoms with Crippen LogP contribution in [0.25, 0.3) is 10.2 Å². The van der Waals surface area contributed by atoms with E-state index in [0.717, 1.165) is 27.2 Å². The average Bonchev–Trinajstić information content (AvgIpc) is 2.88. The molecule has 5 nitrogen and oxygen atoms in total. The first-order valence-corrected chi connectivity index (χ1v) is 7.49. The molecule has 1 unspecified atom stereocenters. The molecule has 0 amide bonds. The van der Waals surface area contributed by atoms with E-state index in [4.69, 9.17) is 5.73 Å². The van der Waals surface area contributed by atoms with Crippen molar-refractivity contribution in [2.24, 2.45) is 0 Å². The lowest BCUT2D eigenvalue weighted by Crippen LogP contribution is -2.13. The topological polar surface area (TPSA) is 84.1 Å². The van der Waals surface area contributed by atoms with Gasteiger partial charge in [-0.05, 0) is 35.6 Å². The molecule has 108 valence electrons. The predicted molar refractivity (Wildman–Crippen MR) is 86.5 cm³/mol. The molecule has 0 aliphatic heterocycles. The molecular formula is C15H16N4OS. The van der Waals surface area contributed by atoms with Gasteiger partial charge in [-0.2, -0.15) is 0 Å². The van der Waals surface area contributed by atoms with Gasteiger partial charge >= 0.3 is 0 Å². The number of nitrogens with two attached hydrogens (primary N) is 1. The number of aromatic nitrogens is 2. The summed E-state index contributed by atoms with van der Waals surface area (Å²) in [6.45, 7) is 2.41. The minimum absolute atomic E-state index is 0.382. The van der Waals surface area contributed by atoms with Crippen LogP contribution in [-0.4, -0.2) is 21.6 Å². The lowest BCUT2D eigenvalue weighted by Gasteiger charge is -2.13. The summed E-state index contributed by atoms with van der Waals surface area (Å²) in [5.74, 6) is 0.757. The van der Waals surface area contributed by atoms with E-state index >= 15 is 0 Å². The van der Waals surface area contributed by atoms with Crippen LogP contribution in [0.2, 0.25) is 0 Å². The van der Waals surface area contributed by atoms with Crippen LogP contribution in [0.15, 0.2) is 36.0 Å². The fourth-order valence-corrected chi connectivity index (χ4v) is 3.09. The van der Waals surface area contributed by atoms with E-state index in [2.05, 4.69) is 20.7 Å². The van der Waals surface area contributed by atoms with Crippen LogP contribution in [0, 0.1) is 6.92 Å². The van der Waals surface area contributed by atoms with Crippen molar-refractivity contribution in [3.05, 3.63) is 47.1 Å². The maximum Gasteiger partial charge on any atom is 0.147 e. The number of rotatable bonds is 4. The lowest BCUT2D eigenvalue weighted by molar-refractivity contribution is 0.191. The maximum atomic E-state index is 10.2. The molecule has 2 aromatic heterocycles. The third-order valence-electron chi connectivity index (χ3n) is 3.31. The smallest absolute Gasteiger partial charge is 0.147 e. The number of aliphatic hydroxyl groups is 1. The number of aryl methyl sites for hydroxylation is 1. The summed E-state index contributed by atoms with van der Waals surface area (Å²) in [5, 5.41) is 15.5. The number of nitrogen functional groups attached to an aromatic ring is 1. The fraction of sp³-hybridized carbons (Fsp3) is 0.200. The molecule has 0 spiro atoms. The van der Waals surface area contributed by atoms with Gasteiger partial charge in [-0.15, -0.1) is 11.3 Å². The minimum atomic E-state index is -0.614. The third kappa shape index (κ3) is 2.81. The number of anilines is 2. The van der Waals surface area contributed by atoms with Gasteiger partial charge in [0.1, 0.15) is 12.1 Å². The minimum Gasteiger partial charge on any atom is -0.399 e. The Morgan fingerprint density at radius 2 is 2.05 bits per heavy atom. The van der Waals surface area contributed by atoms with Gasteiger partial charge in [-0.25, -0.2) is 9.97 Å². The highest BCUT2D eigenvalue weighted by Crippen LogP contribution is 2.28. The summed E-state index contributed by atoms with van der Waals surface area (Å²) < 4.78 is 1.01. The Morgan fingerprint density at radius 1 is 1.29 bits per heavy atom. The Kier molecular flexibility index (Phi) is 3.72. The number of thiophene rings is 1. The van der Waals surface area contributed by atoms with Crippen LogP contribution in [0.1, 0.15) is 17.2 Å². The van der Waals surface area contributed by atoms with Crippen LogP contribution >= 0.6 is 11.3 Å². The zero-order valence-corrected chi connectivity index (χ0v) is 12.4. The molecule has 0 radical (unpaired) electrons. The number of fused-ring (bicyclic) bond motifs is 1. The molecule has 6 heteroatoms. The van der Waals surface area contributed by atoms with Gasteiger partial charge in [0.2, 0.25) is 0 Å². The molecule has 3 rings (SSSR count). The van der Waals surface area contributed by atoms with Gasteiger partial charge in [0.25, 0.3) is 0 Å². The second-order valence-corrected chi connectivity index (χ2v) is 5.76. The monoisotopic (exact) mass is 300 g/mol. The Hall–Kier alpha value is -2.18. The number of benzene rings is 1. The molecular weight excluding hydrogens is 284 g/mol. The largest absolute Gasteiger partial charge is 0.399 e. The van der Waals surface area contributed by atoms with Crippen LogP contribution in [0.3, 0.4) is 0 Å². The highest BCUT2D eigenvalue weighted by atomic mass is 32.1. The van der Waals surface area contributed by atoms with Gasteiger partial charge in [0, 0.05) is 12.2 Å². The Balaban J connectivity index is 1.75. The lowest BCUT2D eigenvalue weighted by atomic mass is 10.1. The standard InChI is InChI=1S/C15H16N4OS/c1-9-7-21-14-13(9)18-8-19-15(14)17-6-12(20)10-2-4-11(16)5-3-10/h2-5,7-8,12,20H,6,16H2,1H3,(H,17,18,19). The van der Waals surface area contributed by atoms with Crippen molar-refractivity contribution in [2.75, 3.05) is 17.6 Å². The van der Waals surface area contributed by atoms with E-state index in [0.29, 0.717) is 12.2 Å². The van der Waals surface area contributed by atoms with Crippen LogP contribution in [0.5, 0.6) is 0 Å². The number of hydrogen-bond donors (Lipinski definition) is 3. The summed E-state index contributed by atoms with van der Waals surface area (Å²) in [5.41, 5.74) is 9.25. The summed E-state index contributed by atoms with van der Waals surface area (Å²) in [4.78, 5) is 8.54. The van der Waals surface area contributed by atoms with Crippen LogP contribution < -0.4 is 11.1 Å². The summed E-state index contributed by atoms with van der Waals surface area (Å²) >= 11 is 1.60. The van der Waals surface area contributed by atoms with E-state index in [9.17, 15) is 5.11 Å². The third-order valence-corrected chi connectivity index (χ3v) is 4.41. The molecule has 0 bridgehead atoms. The molecule has 2 heterocycles. The molecule has 1 aromatic carbocycles. The highest BCUT2D eigenvalue weighted by Gasteiger charge is 2.11. The van der Waals surface area contributed by atoms with E-state index in [1.807, 2.05) is 19.1 Å². The predicted octanol–water partition coefficient (Wildman–Crippen LogP) is 2.73. The fourth-order valence-electron chi connectivity index (χ4n) is 2.12. The molecule has 3 aromatic rings. The number of hydrogen-bond acceptors (Lipinski definition) is 6. The van der Waals surface area contributed by atoms with Gasteiger partial charge in [0.15, 0.2) is 0 Å². The molecule has 0 fully saturated rings. The first-order chi connectivity index (χ1) is 10.1. The Labute approximate surface area is 126 Å². The zero-order chi connectivity index (χ0) is 14.8. The molecule has 0 saturated heterocycles. The molecule has 0 aliphatic carbocycles. The average molecular weight is 300 g/mol. The maximum absolute atomic E-state index is 10.2. The Morgan fingerprint density at radius 3 is 2.81 bits per heavy atom. The van der Waals surface area contributed by atoms with Crippen molar-refractivity contribution in [1.82, 2.24) is 9.97 Å². The molecule has 21 heavy (non-hydrogen) atoms. The van der Waals surface area contributed by atoms with Crippen LogP contribution in [-0.2, 0) is 0 Å². The van der Waals surface area contributed by atoms with Gasteiger partial charge < -0.3 is 16.2 Å². The van der Waals surface area contributed by atoms with Gasteiger partial charge in [-0.1, -0.05) is 12.1 Å². The molecule has 4 N–H and O–H groups in total. The van der Waals surface area contributed by atoms with Crippen molar-refractivity contribution in [3.8, 4) is 0 Å². The van der Waals surface area contributed by atoms with E-state index < -0.39 is 6.10 Å². The van der Waals surface area contributed by atoms with Crippen molar-refractivity contribution in [1.29, 1.82) is 0 Å². The van der Waals surface area contributed by atoms with E-state index in [1.54, 1.807) is 29.8 Å². The second kappa shape index (κ2) is 5.67. The number of nitrogens with one attached hydrogen (secondary N) is 1. The number of aliphatic hydroxyl groups excluding tert-OH is 1. The van der Waals surface area contributed by atoms with E-state index in [1.165, 1.54) is 0 Å². The van der Waals surface area contributed by atoms with Crippen molar-refractivity contribution >= 4 is 33.1 Å². The number of nitrogens with zero attached hydrogens (tertiary/aromatic N) is 2. The first-order valence-electron chi connectivity index (χ1n) is 6.61. The molecule has 0 aliphatic rings. The van der Waals surface area contributed by atoms with Crippen LogP contribution in [0.4, 0.5) is 11.5 Å². The summed E-state index contributed by atoms with van der Waals surface area (Å²) in [6, 6.07) is 7.22. The van der Waals surface area contributed by atoms with Gasteiger partial charge in [0.05, 0.1) is 16.3 Å². The Bertz CT molecular complexity index is 754. The highest BCUT2D eigenvalue weighted by molar-refractivity contribution is 7.18.